The van der Waals surface area contributed by atoms with Gasteiger partial charge in [0.25, 0.3) is 5.91 Å². The number of thiophene rings is 1. The van der Waals surface area contributed by atoms with Gasteiger partial charge in [0.15, 0.2) is 0 Å². The Morgan fingerprint density at radius 1 is 0.926 bits per heavy atom. The lowest BCUT2D eigenvalue weighted by Gasteiger charge is -2.34. The molecule has 1 fully saturated rings. The predicted octanol–water partition coefficient (Wildman–Crippen LogP) is 3.44. The molecule has 2 heterocycles. The second-order valence-electron chi connectivity index (χ2n) is 7.20. The van der Waals surface area contributed by atoms with Crippen molar-refractivity contribution in [3.05, 3.63) is 50.2 Å². The molecule has 7 heteroatoms. The second-order valence-corrected chi connectivity index (χ2v) is 10.4. The van der Waals surface area contributed by atoms with Crippen molar-refractivity contribution < 1.29 is 13.2 Å². The maximum Gasteiger partial charge on any atom is 0.264 e. The maximum absolute atomic E-state index is 13.3. The van der Waals surface area contributed by atoms with Crippen molar-refractivity contribution in [2.24, 2.45) is 0 Å². The molecule has 3 rings (SSSR count). The van der Waals surface area contributed by atoms with Gasteiger partial charge in [0.2, 0.25) is 10.0 Å². The third-order valence-corrected chi connectivity index (χ3v) is 8.53. The van der Waals surface area contributed by atoms with Crippen LogP contribution < -0.4 is 0 Å². The molecular weight excluding hydrogens is 380 g/mol. The van der Waals surface area contributed by atoms with E-state index in [9.17, 15) is 13.2 Å². The number of nitrogens with zero attached hydrogens (tertiary/aromatic N) is 2. The van der Waals surface area contributed by atoms with Gasteiger partial charge in [-0.1, -0.05) is 6.07 Å². The van der Waals surface area contributed by atoms with Gasteiger partial charge in [-0.2, -0.15) is 4.31 Å². The Hall–Kier alpha value is -1.70. The topological polar surface area (TPSA) is 57.7 Å². The molecule has 1 saturated heterocycles. The SMILES string of the molecule is Cc1ccc(C(=O)N2CCN(S(=O)(=O)c3c(C)c(C)cc(C)c3C)CC2)s1. The predicted molar refractivity (Wildman–Crippen MR) is 109 cm³/mol. The summed E-state index contributed by atoms with van der Waals surface area (Å²) in [6, 6.07) is 5.81. The molecule has 0 saturated carbocycles. The van der Waals surface area contributed by atoms with Crippen LogP contribution in [0.15, 0.2) is 23.1 Å². The molecule has 1 amide bonds. The van der Waals surface area contributed by atoms with Crippen molar-refractivity contribution in [2.75, 3.05) is 26.2 Å². The van der Waals surface area contributed by atoms with Crippen molar-refractivity contribution in [1.29, 1.82) is 0 Å². The van der Waals surface area contributed by atoms with Gasteiger partial charge >= 0.3 is 0 Å². The van der Waals surface area contributed by atoms with Crippen LogP contribution in [0.1, 0.15) is 36.8 Å². The van der Waals surface area contributed by atoms with E-state index in [1.165, 1.54) is 15.6 Å². The smallest absolute Gasteiger partial charge is 0.264 e. The summed E-state index contributed by atoms with van der Waals surface area (Å²) >= 11 is 1.48. The summed E-state index contributed by atoms with van der Waals surface area (Å²) in [5, 5.41) is 0. The summed E-state index contributed by atoms with van der Waals surface area (Å²) < 4.78 is 28.1. The molecule has 0 N–H and O–H groups in total. The number of piperazine rings is 1. The number of benzene rings is 1. The van der Waals surface area contributed by atoms with Crippen LogP contribution in [-0.4, -0.2) is 49.7 Å². The van der Waals surface area contributed by atoms with Crippen LogP contribution in [0.25, 0.3) is 0 Å². The van der Waals surface area contributed by atoms with Crippen LogP contribution >= 0.6 is 11.3 Å². The van der Waals surface area contributed by atoms with E-state index < -0.39 is 10.0 Å². The van der Waals surface area contributed by atoms with Gasteiger partial charge in [-0.05, 0) is 69.0 Å². The third kappa shape index (κ3) is 3.68. The number of rotatable bonds is 3. The number of amides is 1. The Bertz CT molecular complexity index is 959. The standard InChI is InChI=1S/C20H26N2O3S2/c1-13-12-14(2)17(5)19(16(13)4)27(24,25)22-10-8-21(9-11-22)20(23)18-7-6-15(3)26-18/h6-7,12H,8-11H2,1-5H3. The molecular formula is C20H26N2O3S2. The molecule has 0 aliphatic carbocycles. The van der Waals surface area contributed by atoms with Crippen molar-refractivity contribution in [1.82, 2.24) is 9.21 Å². The Morgan fingerprint density at radius 3 is 1.96 bits per heavy atom. The Labute approximate surface area is 165 Å². The zero-order valence-corrected chi connectivity index (χ0v) is 18.1. The van der Waals surface area contributed by atoms with Crippen LogP contribution in [0.4, 0.5) is 0 Å². The minimum absolute atomic E-state index is 0.0103. The minimum Gasteiger partial charge on any atom is -0.335 e. The van der Waals surface area contributed by atoms with E-state index in [1.807, 2.05) is 52.8 Å². The zero-order valence-electron chi connectivity index (χ0n) is 16.5. The van der Waals surface area contributed by atoms with E-state index in [-0.39, 0.29) is 5.91 Å². The van der Waals surface area contributed by atoms with E-state index in [2.05, 4.69) is 0 Å². The zero-order chi connectivity index (χ0) is 19.9. The summed E-state index contributed by atoms with van der Waals surface area (Å²) in [5.41, 5.74) is 3.59. The molecule has 1 aliphatic rings. The molecule has 0 spiro atoms. The summed E-state index contributed by atoms with van der Waals surface area (Å²) in [5.74, 6) is -0.0103. The van der Waals surface area contributed by atoms with Crippen LogP contribution in [0.3, 0.4) is 0 Å². The van der Waals surface area contributed by atoms with Crippen LogP contribution in [0.2, 0.25) is 0 Å². The Kier molecular flexibility index (Phi) is 5.47. The highest BCUT2D eigenvalue weighted by molar-refractivity contribution is 7.89. The Morgan fingerprint density at radius 2 is 1.48 bits per heavy atom. The van der Waals surface area contributed by atoms with E-state index in [0.29, 0.717) is 36.0 Å². The lowest BCUT2D eigenvalue weighted by atomic mass is 10.0. The second kappa shape index (κ2) is 7.37. The lowest BCUT2D eigenvalue weighted by Crippen LogP contribution is -2.50. The monoisotopic (exact) mass is 406 g/mol. The van der Waals surface area contributed by atoms with Gasteiger partial charge in [-0.15, -0.1) is 11.3 Å². The third-order valence-electron chi connectivity index (χ3n) is 5.37. The highest BCUT2D eigenvalue weighted by atomic mass is 32.2. The molecule has 2 aromatic rings. The number of sulfonamides is 1. The lowest BCUT2D eigenvalue weighted by molar-refractivity contribution is 0.0702. The first kappa shape index (κ1) is 20.0. The molecule has 0 unspecified atom stereocenters. The number of hydrogen-bond donors (Lipinski definition) is 0. The van der Waals surface area contributed by atoms with Gasteiger partial charge in [0.05, 0.1) is 9.77 Å². The molecule has 1 aromatic heterocycles. The van der Waals surface area contributed by atoms with Crippen molar-refractivity contribution in [3.8, 4) is 0 Å². The molecule has 5 nitrogen and oxygen atoms in total. The number of aryl methyl sites for hydroxylation is 3. The highest BCUT2D eigenvalue weighted by Gasteiger charge is 2.33. The largest absolute Gasteiger partial charge is 0.335 e. The molecule has 0 radical (unpaired) electrons. The first-order valence-electron chi connectivity index (χ1n) is 9.06. The molecule has 27 heavy (non-hydrogen) atoms. The number of carbonyl (C=O) groups excluding carboxylic acids is 1. The van der Waals surface area contributed by atoms with Crippen LogP contribution in [0, 0.1) is 34.6 Å². The quantitative estimate of drug-likeness (QED) is 0.785. The fourth-order valence-corrected chi connectivity index (χ4v) is 6.37. The molecule has 146 valence electrons. The first-order chi connectivity index (χ1) is 12.6. The van der Waals surface area contributed by atoms with Gasteiger partial charge in [0.1, 0.15) is 0 Å². The minimum atomic E-state index is -3.58. The number of carbonyl (C=O) groups is 1. The fraction of sp³-hybridized carbons (Fsp3) is 0.450. The molecule has 0 atom stereocenters. The summed E-state index contributed by atoms with van der Waals surface area (Å²) in [7, 11) is -3.58. The van der Waals surface area contributed by atoms with Crippen molar-refractivity contribution in [3.63, 3.8) is 0 Å². The van der Waals surface area contributed by atoms with Crippen molar-refractivity contribution >= 4 is 27.3 Å². The molecule has 1 aromatic carbocycles. The maximum atomic E-state index is 13.3. The highest BCUT2D eigenvalue weighted by Crippen LogP contribution is 2.29. The van der Waals surface area contributed by atoms with Crippen molar-refractivity contribution in [2.45, 2.75) is 39.5 Å². The van der Waals surface area contributed by atoms with E-state index in [4.69, 9.17) is 0 Å². The van der Waals surface area contributed by atoms with E-state index in [1.54, 1.807) is 4.90 Å². The van der Waals surface area contributed by atoms with E-state index >= 15 is 0 Å². The van der Waals surface area contributed by atoms with Crippen LogP contribution in [0.5, 0.6) is 0 Å². The average Bonchev–Trinajstić information content (AvgIpc) is 3.06. The number of hydrogen-bond acceptors (Lipinski definition) is 4. The van der Waals surface area contributed by atoms with Gasteiger partial charge in [-0.3, -0.25) is 4.79 Å². The summed E-state index contributed by atoms with van der Waals surface area (Å²) in [6.45, 7) is 11.1. The molecule has 1 aliphatic heterocycles. The molecule has 0 bridgehead atoms. The van der Waals surface area contributed by atoms with E-state index in [0.717, 1.165) is 27.1 Å². The van der Waals surface area contributed by atoms with Gasteiger partial charge < -0.3 is 4.90 Å². The Balaban J connectivity index is 1.81. The summed E-state index contributed by atoms with van der Waals surface area (Å²) in [6.07, 6.45) is 0. The average molecular weight is 407 g/mol. The van der Waals surface area contributed by atoms with Gasteiger partial charge in [0, 0.05) is 31.1 Å². The van der Waals surface area contributed by atoms with Gasteiger partial charge in [-0.25, -0.2) is 8.42 Å². The normalized spacial score (nSPS) is 16.0. The first-order valence-corrected chi connectivity index (χ1v) is 11.3. The summed E-state index contributed by atoms with van der Waals surface area (Å²) in [4.78, 5) is 16.6. The fourth-order valence-electron chi connectivity index (χ4n) is 3.53. The van der Waals surface area contributed by atoms with Crippen LogP contribution in [-0.2, 0) is 10.0 Å².